The van der Waals surface area contributed by atoms with Crippen LogP contribution < -0.4 is 15.4 Å². The Balaban J connectivity index is 2.24. The average Bonchev–Trinajstić information content (AvgIpc) is 2.83. The molecular weight excluding hydrogens is 432 g/mol. The Morgan fingerprint density at radius 1 is 1.18 bits per heavy atom. The Morgan fingerprint density at radius 3 is 2.59 bits per heavy atom. The number of aryl methyl sites for hydroxylation is 3. The highest BCUT2D eigenvalue weighted by Gasteiger charge is 2.16. The number of allylic oxidation sites excluding steroid dienone is 3. The average molecular weight is 465 g/mol. The first-order valence-electron chi connectivity index (χ1n) is 11.1. The van der Waals surface area contributed by atoms with Crippen LogP contribution in [0.5, 0.6) is 17.2 Å². The van der Waals surface area contributed by atoms with E-state index in [9.17, 15) is 14.7 Å². The number of carbonyl (C=O) groups excluding carboxylic acids is 2. The van der Waals surface area contributed by atoms with E-state index < -0.39 is 5.91 Å². The summed E-state index contributed by atoms with van der Waals surface area (Å²) in [6, 6.07) is 8.47. The number of rotatable bonds is 12. The smallest absolute Gasteiger partial charge is 0.259 e. The van der Waals surface area contributed by atoms with E-state index in [4.69, 9.17) is 9.84 Å². The second-order valence-electron chi connectivity index (χ2n) is 7.63. The van der Waals surface area contributed by atoms with Crippen LogP contribution in [0.25, 0.3) is 0 Å². The van der Waals surface area contributed by atoms with E-state index in [1.54, 1.807) is 12.1 Å². The second-order valence-corrected chi connectivity index (χ2v) is 7.63. The maximum Gasteiger partial charge on any atom is 0.259 e. The highest BCUT2D eigenvalue weighted by molar-refractivity contribution is 5.98. The van der Waals surface area contributed by atoms with E-state index in [0.717, 1.165) is 16.7 Å². The van der Waals surface area contributed by atoms with E-state index in [2.05, 4.69) is 23.8 Å². The van der Waals surface area contributed by atoms with Crippen molar-refractivity contribution in [3.05, 3.63) is 89.7 Å². The third-order valence-electron chi connectivity index (χ3n) is 5.07. The molecule has 0 bridgehead atoms. The van der Waals surface area contributed by atoms with E-state index in [-0.39, 0.29) is 30.4 Å². The number of phenols is 1. The van der Waals surface area contributed by atoms with Crippen LogP contribution in [0, 0.1) is 6.92 Å². The van der Waals surface area contributed by atoms with Gasteiger partial charge in [-0.3, -0.25) is 9.59 Å². The number of amides is 2. The Morgan fingerprint density at radius 2 is 1.94 bits per heavy atom. The molecule has 0 aliphatic carbocycles. The van der Waals surface area contributed by atoms with Gasteiger partial charge in [0.2, 0.25) is 5.91 Å². The number of aromatic hydroxyl groups is 1. The third kappa shape index (κ3) is 7.35. The van der Waals surface area contributed by atoms with Crippen LogP contribution in [0.3, 0.4) is 0 Å². The van der Waals surface area contributed by atoms with Gasteiger partial charge < -0.3 is 25.6 Å². The third-order valence-corrected chi connectivity index (χ3v) is 5.07. The number of aliphatic hydroxyl groups excluding tert-OH is 1. The molecule has 2 aromatic rings. The predicted molar refractivity (Wildman–Crippen MR) is 133 cm³/mol. The molecule has 0 aromatic heterocycles. The first-order valence-corrected chi connectivity index (χ1v) is 11.1. The van der Waals surface area contributed by atoms with Crippen molar-refractivity contribution in [2.24, 2.45) is 0 Å². The highest BCUT2D eigenvalue weighted by atomic mass is 16.5. The summed E-state index contributed by atoms with van der Waals surface area (Å²) in [5, 5.41) is 24.3. The van der Waals surface area contributed by atoms with E-state index >= 15 is 0 Å². The zero-order valence-electron chi connectivity index (χ0n) is 19.7. The second kappa shape index (κ2) is 13.0. The van der Waals surface area contributed by atoms with Crippen molar-refractivity contribution in [3.63, 3.8) is 0 Å². The first kappa shape index (κ1) is 26.4. The molecule has 0 saturated heterocycles. The van der Waals surface area contributed by atoms with E-state index in [1.165, 1.54) is 24.3 Å². The molecule has 0 saturated carbocycles. The number of phenolic OH excluding ortho intramolecular Hbond substituents is 1. The number of nitrogens with one attached hydrogen (secondary N) is 2. The van der Waals surface area contributed by atoms with Gasteiger partial charge in [-0.2, -0.15) is 0 Å². The molecule has 0 aliphatic heterocycles. The Kier molecular flexibility index (Phi) is 10.1. The number of hydrogen-bond donors (Lipinski definition) is 4. The fourth-order valence-corrected chi connectivity index (χ4v) is 3.39. The first-order chi connectivity index (χ1) is 16.3. The van der Waals surface area contributed by atoms with Gasteiger partial charge in [0, 0.05) is 18.7 Å². The van der Waals surface area contributed by atoms with Gasteiger partial charge in [0.25, 0.3) is 5.91 Å². The molecular formula is C27H32N2O5. The van der Waals surface area contributed by atoms with Crippen LogP contribution in [0.2, 0.25) is 0 Å². The van der Waals surface area contributed by atoms with Gasteiger partial charge in [0.1, 0.15) is 17.2 Å². The molecule has 2 aromatic carbocycles. The number of carbonyl (C=O) groups is 2. The minimum absolute atomic E-state index is 0.0653. The van der Waals surface area contributed by atoms with Crippen molar-refractivity contribution in [1.29, 1.82) is 0 Å². The van der Waals surface area contributed by atoms with E-state index in [1.807, 2.05) is 26.0 Å². The standard InChI is InChI=1S/C27H32N2O5/c1-5-8-21(7-3)29-27(33)23-17-22(10-11-24(23)31)34-26-18(4)15-19(16-20(26)6-2)9-12-25(32)28-13-14-30/h5,7-8,10-11,15-17,30-31H,1,3,6,9,12-14H2,2,4H3,(H,28,32)(H,29,33). The molecule has 0 unspecified atom stereocenters. The predicted octanol–water partition coefficient (Wildman–Crippen LogP) is 4.08. The quantitative estimate of drug-likeness (QED) is 0.354. The van der Waals surface area contributed by atoms with Gasteiger partial charge in [0.15, 0.2) is 0 Å². The molecule has 7 heteroatoms. The van der Waals surface area contributed by atoms with Crippen LogP contribution in [-0.4, -0.2) is 35.2 Å². The molecule has 0 spiro atoms. The number of aliphatic hydroxyl groups is 1. The summed E-state index contributed by atoms with van der Waals surface area (Å²) in [5.74, 6) is 0.297. The summed E-state index contributed by atoms with van der Waals surface area (Å²) < 4.78 is 6.14. The fraction of sp³-hybridized carbons (Fsp3) is 0.259. The van der Waals surface area contributed by atoms with Crippen molar-refractivity contribution in [1.82, 2.24) is 10.6 Å². The molecule has 2 amide bonds. The molecule has 34 heavy (non-hydrogen) atoms. The van der Waals surface area contributed by atoms with Gasteiger partial charge in [-0.05, 0) is 66.8 Å². The Hall–Kier alpha value is -3.84. The lowest BCUT2D eigenvalue weighted by Gasteiger charge is -2.16. The number of hydrogen-bond acceptors (Lipinski definition) is 5. The molecule has 0 atom stereocenters. The minimum Gasteiger partial charge on any atom is -0.507 e. The van der Waals surface area contributed by atoms with Crippen LogP contribution in [0.4, 0.5) is 0 Å². The summed E-state index contributed by atoms with van der Waals surface area (Å²) in [4.78, 5) is 24.5. The monoisotopic (exact) mass is 464 g/mol. The largest absolute Gasteiger partial charge is 0.507 e. The lowest BCUT2D eigenvalue weighted by atomic mass is 10.00. The minimum atomic E-state index is -0.502. The van der Waals surface area contributed by atoms with Gasteiger partial charge >= 0.3 is 0 Å². The molecule has 0 heterocycles. The van der Waals surface area contributed by atoms with Crippen molar-refractivity contribution in [2.45, 2.75) is 33.1 Å². The van der Waals surface area contributed by atoms with Crippen LogP contribution >= 0.6 is 0 Å². The summed E-state index contributed by atoms with van der Waals surface area (Å²) in [7, 11) is 0. The summed E-state index contributed by atoms with van der Waals surface area (Å²) in [5.41, 5.74) is 3.39. The lowest BCUT2D eigenvalue weighted by Crippen LogP contribution is -2.26. The van der Waals surface area contributed by atoms with Crippen LogP contribution in [0.1, 0.15) is 40.4 Å². The topological polar surface area (TPSA) is 108 Å². The zero-order valence-corrected chi connectivity index (χ0v) is 19.7. The Labute approximate surface area is 200 Å². The van der Waals surface area contributed by atoms with Crippen molar-refractivity contribution in [2.75, 3.05) is 13.2 Å². The maximum absolute atomic E-state index is 12.6. The zero-order chi connectivity index (χ0) is 25.1. The number of ether oxygens (including phenoxy) is 1. The van der Waals surface area contributed by atoms with Crippen molar-refractivity contribution in [3.8, 4) is 17.2 Å². The van der Waals surface area contributed by atoms with Gasteiger partial charge in [0.05, 0.1) is 12.2 Å². The molecule has 0 radical (unpaired) electrons. The molecule has 180 valence electrons. The van der Waals surface area contributed by atoms with Gasteiger partial charge in [-0.15, -0.1) is 0 Å². The van der Waals surface area contributed by atoms with Crippen molar-refractivity contribution >= 4 is 11.8 Å². The summed E-state index contributed by atoms with van der Waals surface area (Å²) in [6.07, 6.45) is 6.20. The van der Waals surface area contributed by atoms with Crippen LogP contribution in [0.15, 0.2) is 67.4 Å². The fourth-order valence-electron chi connectivity index (χ4n) is 3.39. The SMILES string of the molecule is C=CC=C(C=C)NC(=O)c1cc(Oc2c(C)cc(CCC(=O)NCCO)cc2CC)ccc1O. The highest BCUT2D eigenvalue weighted by Crippen LogP contribution is 2.33. The normalized spacial score (nSPS) is 11.0. The molecule has 0 aliphatic rings. The molecule has 2 rings (SSSR count). The molecule has 7 nitrogen and oxygen atoms in total. The Bertz CT molecular complexity index is 1090. The van der Waals surface area contributed by atoms with Gasteiger partial charge in [-0.1, -0.05) is 38.3 Å². The van der Waals surface area contributed by atoms with Crippen LogP contribution in [-0.2, 0) is 17.6 Å². The van der Waals surface area contributed by atoms with Gasteiger partial charge in [-0.25, -0.2) is 0 Å². The molecule has 4 N–H and O–H groups in total. The van der Waals surface area contributed by atoms with Crippen molar-refractivity contribution < 1.29 is 24.5 Å². The molecule has 0 fully saturated rings. The lowest BCUT2D eigenvalue weighted by molar-refractivity contribution is -0.121. The maximum atomic E-state index is 12.6. The number of benzene rings is 2. The summed E-state index contributed by atoms with van der Waals surface area (Å²) in [6.45, 7) is 11.3. The van der Waals surface area contributed by atoms with E-state index in [0.29, 0.717) is 36.5 Å². The summed E-state index contributed by atoms with van der Waals surface area (Å²) >= 11 is 0.